The van der Waals surface area contributed by atoms with Crippen molar-refractivity contribution in [3.8, 4) is 0 Å². The van der Waals surface area contributed by atoms with Gasteiger partial charge in [0.15, 0.2) is 0 Å². The first-order chi connectivity index (χ1) is 12.0. The Morgan fingerprint density at radius 1 is 1.08 bits per heavy atom. The van der Waals surface area contributed by atoms with E-state index in [0.717, 1.165) is 0 Å². The van der Waals surface area contributed by atoms with Gasteiger partial charge >= 0.3 is 0 Å². The highest BCUT2D eigenvalue weighted by atomic mass is 35.5. The maximum atomic E-state index is 12.5. The quantitative estimate of drug-likeness (QED) is 0.602. The van der Waals surface area contributed by atoms with Crippen LogP contribution in [0.4, 0.5) is 11.5 Å². The standard InChI is InChI=1S/C16H14Cl2N4O3/c17-13-3-1-11(9-14(13)18)16(23)21-7-5-20(6-8-21)15-4-2-12(10-19-15)22(24)25/h1-4,9-10H,5-8H2. The molecule has 0 saturated carbocycles. The van der Waals surface area contributed by atoms with Gasteiger partial charge in [0.2, 0.25) is 0 Å². The maximum absolute atomic E-state index is 12.5. The van der Waals surface area contributed by atoms with Crippen molar-refractivity contribution in [3.05, 3.63) is 62.3 Å². The average molecular weight is 381 g/mol. The lowest BCUT2D eigenvalue weighted by Gasteiger charge is -2.35. The number of pyridine rings is 1. The zero-order valence-corrected chi connectivity index (χ0v) is 14.6. The van der Waals surface area contributed by atoms with E-state index >= 15 is 0 Å². The van der Waals surface area contributed by atoms with E-state index in [0.29, 0.717) is 47.6 Å². The third kappa shape index (κ3) is 3.83. The summed E-state index contributed by atoms with van der Waals surface area (Å²) in [6, 6.07) is 7.87. The monoisotopic (exact) mass is 380 g/mol. The molecule has 1 amide bonds. The first-order valence-electron chi connectivity index (χ1n) is 7.55. The number of carbonyl (C=O) groups excluding carboxylic acids is 1. The fraction of sp³-hybridized carbons (Fsp3) is 0.250. The molecule has 0 atom stereocenters. The Morgan fingerprint density at radius 2 is 1.80 bits per heavy atom. The zero-order chi connectivity index (χ0) is 18.0. The zero-order valence-electron chi connectivity index (χ0n) is 13.1. The third-order valence-electron chi connectivity index (χ3n) is 4.00. The number of benzene rings is 1. The van der Waals surface area contributed by atoms with Crippen LogP contribution in [-0.4, -0.2) is 46.9 Å². The van der Waals surface area contributed by atoms with Crippen LogP contribution in [0.15, 0.2) is 36.5 Å². The van der Waals surface area contributed by atoms with Gasteiger partial charge in [-0.25, -0.2) is 4.98 Å². The van der Waals surface area contributed by atoms with Crippen molar-refractivity contribution in [2.45, 2.75) is 0 Å². The van der Waals surface area contributed by atoms with Crippen molar-refractivity contribution < 1.29 is 9.72 Å². The number of piperazine rings is 1. The van der Waals surface area contributed by atoms with Crippen molar-refractivity contribution >= 4 is 40.6 Å². The average Bonchev–Trinajstić information content (AvgIpc) is 2.63. The molecule has 1 saturated heterocycles. The lowest BCUT2D eigenvalue weighted by atomic mass is 10.2. The first kappa shape index (κ1) is 17.4. The molecule has 0 aliphatic carbocycles. The molecule has 1 aromatic carbocycles. The molecule has 130 valence electrons. The minimum atomic E-state index is -0.482. The summed E-state index contributed by atoms with van der Waals surface area (Å²) in [5.41, 5.74) is 0.452. The van der Waals surface area contributed by atoms with Gasteiger partial charge in [-0.15, -0.1) is 0 Å². The molecule has 1 fully saturated rings. The highest BCUT2D eigenvalue weighted by Gasteiger charge is 2.23. The number of aromatic nitrogens is 1. The van der Waals surface area contributed by atoms with Gasteiger partial charge in [-0.3, -0.25) is 14.9 Å². The van der Waals surface area contributed by atoms with E-state index in [1.165, 1.54) is 12.3 Å². The van der Waals surface area contributed by atoms with Crippen LogP contribution in [0.3, 0.4) is 0 Å². The summed E-state index contributed by atoms with van der Waals surface area (Å²) in [6.45, 7) is 2.24. The van der Waals surface area contributed by atoms with Gasteiger partial charge in [-0.2, -0.15) is 0 Å². The summed E-state index contributed by atoms with van der Waals surface area (Å²) < 4.78 is 0. The molecule has 1 aromatic heterocycles. The molecule has 7 nitrogen and oxygen atoms in total. The van der Waals surface area contributed by atoms with Gasteiger partial charge in [-0.1, -0.05) is 23.2 Å². The lowest BCUT2D eigenvalue weighted by Crippen LogP contribution is -2.49. The Kier molecular flexibility index (Phi) is 5.06. The number of amides is 1. The van der Waals surface area contributed by atoms with Crippen molar-refractivity contribution in [1.82, 2.24) is 9.88 Å². The molecule has 0 unspecified atom stereocenters. The summed E-state index contributed by atoms with van der Waals surface area (Å²) >= 11 is 11.8. The number of carbonyl (C=O) groups is 1. The second-order valence-electron chi connectivity index (χ2n) is 5.54. The van der Waals surface area contributed by atoms with E-state index < -0.39 is 4.92 Å². The van der Waals surface area contributed by atoms with Crippen molar-refractivity contribution in [2.24, 2.45) is 0 Å². The van der Waals surface area contributed by atoms with E-state index in [1.54, 1.807) is 29.2 Å². The summed E-state index contributed by atoms with van der Waals surface area (Å²) in [5.74, 6) is 0.558. The predicted octanol–water partition coefficient (Wildman–Crippen LogP) is 3.26. The van der Waals surface area contributed by atoms with Gasteiger partial charge in [0.1, 0.15) is 12.0 Å². The molecular weight excluding hydrogens is 367 g/mol. The van der Waals surface area contributed by atoms with Gasteiger partial charge in [0.05, 0.1) is 15.0 Å². The highest BCUT2D eigenvalue weighted by molar-refractivity contribution is 6.42. The predicted molar refractivity (Wildman–Crippen MR) is 95.5 cm³/mol. The van der Waals surface area contributed by atoms with Gasteiger partial charge in [-0.05, 0) is 24.3 Å². The van der Waals surface area contributed by atoms with Crippen LogP contribution in [0.1, 0.15) is 10.4 Å². The maximum Gasteiger partial charge on any atom is 0.287 e. The molecule has 2 heterocycles. The summed E-state index contributed by atoms with van der Waals surface area (Å²) in [7, 11) is 0. The van der Waals surface area contributed by atoms with Crippen LogP contribution in [0.5, 0.6) is 0 Å². The van der Waals surface area contributed by atoms with Crippen LogP contribution in [0.2, 0.25) is 10.0 Å². The van der Waals surface area contributed by atoms with Crippen LogP contribution in [0, 0.1) is 10.1 Å². The number of hydrogen-bond acceptors (Lipinski definition) is 5. The topological polar surface area (TPSA) is 79.6 Å². The summed E-state index contributed by atoms with van der Waals surface area (Å²) in [4.78, 5) is 30.6. The van der Waals surface area contributed by atoms with Crippen molar-refractivity contribution in [2.75, 3.05) is 31.1 Å². The molecule has 1 aliphatic heterocycles. The summed E-state index contributed by atoms with van der Waals surface area (Å²) in [5, 5.41) is 11.4. The molecule has 25 heavy (non-hydrogen) atoms. The Bertz CT molecular complexity index is 806. The van der Waals surface area contributed by atoms with Gasteiger partial charge in [0, 0.05) is 37.8 Å². The number of anilines is 1. The largest absolute Gasteiger partial charge is 0.353 e. The number of nitrogens with zero attached hydrogens (tertiary/aromatic N) is 4. The number of rotatable bonds is 3. The molecule has 0 radical (unpaired) electrons. The van der Waals surface area contributed by atoms with Gasteiger partial charge < -0.3 is 9.80 Å². The van der Waals surface area contributed by atoms with Crippen LogP contribution in [0.25, 0.3) is 0 Å². The van der Waals surface area contributed by atoms with Crippen LogP contribution >= 0.6 is 23.2 Å². The smallest absolute Gasteiger partial charge is 0.287 e. The van der Waals surface area contributed by atoms with E-state index in [9.17, 15) is 14.9 Å². The molecular formula is C16H14Cl2N4O3. The second-order valence-corrected chi connectivity index (χ2v) is 6.35. The fourth-order valence-electron chi connectivity index (χ4n) is 2.62. The SMILES string of the molecule is O=C(c1ccc(Cl)c(Cl)c1)N1CCN(c2ccc([N+](=O)[O-])cn2)CC1. The normalized spacial score (nSPS) is 14.5. The fourth-order valence-corrected chi connectivity index (χ4v) is 2.92. The minimum absolute atomic E-state index is 0.0443. The summed E-state index contributed by atoms with van der Waals surface area (Å²) in [6.07, 6.45) is 1.24. The second kappa shape index (κ2) is 7.25. The molecule has 1 aliphatic rings. The Morgan fingerprint density at radius 3 is 2.36 bits per heavy atom. The highest BCUT2D eigenvalue weighted by Crippen LogP contribution is 2.24. The van der Waals surface area contributed by atoms with E-state index in [4.69, 9.17) is 23.2 Å². The van der Waals surface area contributed by atoms with E-state index in [1.807, 2.05) is 4.90 Å². The minimum Gasteiger partial charge on any atom is -0.353 e. The number of nitro groups is 1. The van der Waals surface area contributed by atoms with Crippen molar-refractivity contribution in [1.29, 1.82) is 0 Å². The third-order valence-corrected chi connectivity index (χ3v) is 4.74. The van der Waals surface area contributed by atoms with E-state index in [-0.39, 0.29) is 11.6 Å². The molecule has 2 aromatic rings. The first-order valence-corrected chi connectivity index (χ1v) is 8.31. The molecule has 0 N–H and O–H groups in total. The Hall–Kier alpha value is -2.38. The molecule has 0 spiro atoms. The molecule has 0 bridgehead atoms. The number of halogens is 2. The van der Waals surface area contributed by atoms with E-state index in [2.05, 4.69) is 4.98 Å². The molecule has 3 rings (SSSR count). The molecule has 9 heteroatoms. The van der Waals surface area contributed by atoms with Crippen LogP contribution in [-0.2, 0) is 0 Å². The Labute approximate surface area is 153 Å². The number of hydrogen-bond donors (Lipinski definition) is 0. The van der Waals surface area contributed by atoms with Crippen LogP contribution < -0.4 is 4.90 Å². The van der Waals surface area contributed by atoms with Gasteiger partial charge in [0.25, 0.3) is 11.6 Å². The van der Waals surface area contributed by atoms with Crippen molar-refractivity contribution in [3.63, 3.8) is 0 Å². The Balaban J connectivity index is 1.64. The lowest BCUT2D eigenvalue weighted by molar-refractivity contribution is -0.385.